The van der Waals surface area contributed by atoms with E-state index in [1.54, 1.807) is 0 Å². The van der Waals surface area contributed by atoms with E-state index in [1.165, 1.54) is 16.8 Å². The van der Waals surface area contributed by atoms with Crippen LogP contribution in [0.4, 0.5) is 0 Å². The van der Waals surface area contributed by atoms with Crippen LogP contribution in [-0.2, 0) is 12.8 Å². The molecule has 5 nitrogen and oxygen atoms in total. The Morgan fingerprint density at radius 1 is 1.31 bits per heavy atom. The van der Waals surface area contributed by atoms with E-state index in [4.69, 9.17) is 5.10 Å². The largest absolute Gasteiger partial charge is 0.337 e. The molecule has 0 saturated carbocycles. The number of amides is 1. The minimum absolute atomic E-state index is 0. The van der Waals surface area contributed by atoms with E-state index >= 15 is 0 Å². The van der Waals surface area contributed by atoms with Crippen LogP contribution in [-0.4, -0.2) is 47.3 Å². The van der Waals surface area contributed by atoms with Crippen LogP contribution in [0.1, 0.15) is 40.2 Å². The van der Waals surface area contributed by atoms with Crippen molar-refractivity contribution in [3.63, 3.8) is 0 Å². The van der Waals surface area contributed by atoms with Gasteiger partial charge in [0.05, 0.1) is 5.69 Å². The van der Waals surface area contributed by atoms with Crippen LogP contribution in [0.25, 0.3) is 5.69 Å². The van der Waals surface area contributed by atoms with E-state index in [1.807, 2.05) is 28.8 Å². The Kier molecular flexibility index (Phi) is 5.68. The minimum atomic E-state index is 0. The van der Waals surface area contributed by atoms with Gasteiger partial charge in [0.15, 0.2) is 5.69 Å². The molecule has 1 amide bonds. The normalized spacial score (nSPS) is 18.7. The molecule has 1 atom stereocenters. The Labute approximate surface area is 161 Å². The highest BCUT2D eigenvalue weighted by Crippen LogP contribution is 2.30. The maximum Gasteiger partial charge on any atom is 0.274 e. The Hall–Kier alpha value is -1.85. The number of aryl methyl sites for hydroxylation is 1. The molecule has 1 aromatic heterocycles. The van der Waals surface area contributed by atoms with E-state index in [2.05, 4.69) is 24.4 Å². The molecule has 2 aromatic rings. The number of benzene rings is 1. The zero-order valence-electron chi connectivity index (χ0n) is 15.5. The molecule has 2 heterocycles. The number of rotatable bonds is 4. The van der Waals surface area contributed by atoms with Crippen molar-refractivity contribution in [1.29, 1.82) is 0 Å². The second-order valence-electron chi connectivity index (χ2n) is 7.29. The molecule has 1 aromatic carbocycles. The second kappa shape index (κ2) is 7.80. The number of hydrogen-bond donors (Lipinski definition) is 1. The highest BCUT2D eigenvalue weighted by molar-refractivity contribution is 5.94. The molecule has 0 spiro atoms. The van der Waals surface area contributed by atoms with Crippen LogP contribution < -0.4 is 5.32 Å². The summed E-state index contributed by atoms with van der Waals surface area (Å²) in [6.45, 7) is 4.76. The molecular weight excluding hydrogens is 348 g/mol. The summed E-state index contributed by atoms with van der Waals surface area (Å²) in [5.74, 6) is 0.671. The SMILES string of the molecule is CNCC1CCN(C(=O)c2nn(-c3ccccc3C)c3c2CCC3)C1.Cl. The van der Waals surface area contributed by atoms with Gasteiger partial charge < -0.3 is 10.2 Å². The smallest absolute Gasteiger partial charge is 0.274 e. The first-order chi connectivity index (χ1) is 12.2. The highest BCUT2D eigenvalue weighted by atomic mass is 35.5. The van der Waals surface area contributed by atoms with Crippen molar-refractivity contribution in [2.45, 2.75) is 32.6 Å². The Bertz CT molecular complexity index is 801. The van der Waals surface area contributed by atoms with Crippen LogP contribution in [0.5, 0.6) is 0 Å². The highest BCUT2D eigenvalue weighted by Gasteiger charge is 2.33. The van der Waals surface area contributed by atoms with Gasteiger partial charge in [-0.2, -0.15) is 5.10 Å². The van der Waals surface area contributed by atoms with Crippen molar-refractivity contribution in [3.8, 4) is 5.69 Å². The molecule has 4 rings (SSSR count). The fraction of sp³-hybridized carbons (Fsp3) is 0.500. The molecule has 1 aliphatic heterocycles. The summed E-state index contributed by atoms with van der Waals surface area (Å²) in [6.07, 6.45) is 4.16. The molecule has 0 bridgehead atoms. The van der Waals surface area contributed by atoms with Crippen molar-refractivity contribution in [2.24, 2.45) is 5.92 Å². The lowest BCUT2D eigenvalue weighted by molar-refractivity contribution is 0.0780. The molecule has 1 aliphatic carbocycles. The summed E-state index contributed by atoms with van der Waals surface area (Å²) < 4.78 is 2.02. The zero-order chi connectivity index (χ0) is 17.4. The summed E-state index contributed by atoms with van der Waals surface area (Å²) in [5.41, 5.74) is 5.36. The fourth-order valence-electron chi connectivity index (χ4n) is 4.23. The maximum atomic E-state index is 13.1. The van der Waals surface area contributed by atoms with Gasteiger partial charge in [-0.1, -0.05) is 18.2 Å². The van der Waals surface area contributed by atoms with Gasteiger partial charge in [-0.05, 0) is 63.7 Å². The lowest BCUT2D eigenvalue weighted by Crippen LogP contribution is -2.31. The number of carbonyl (C=O) groups excluding carboxylic acids is 1. The van der Waals surface area contributed by atoms with Crippen LogP contribution in [0, 0.1) is 12.8 Å². The van der Waals surface area contributed by atoms with Gasteiger partial charge in [0.25, 0.3) is 5.91 Å². The van der Waals surface area contributed by atoms with Gasteiger partial charge in [0.1, 0.15) is 0 Å². The van der Waals surface area contributed by atoms with Gasteiger partial charge in [-0.3, -0.25) is 4.79 Å². The van der Waals surface area contributed by atoms with Crippen LogP contribution in [0.2, 0.25) is 0 Å². The van der Waals surface area contributed by atoms with E-state index < -0.39 is 0 Å². The van der Waals surface area contributed by atoms with E-state index in [0.29, 0.717) is 11.6 Å². The topological polar surface area (TPSA) is 50.2 Å². The molecule has 1 saturated heterocycles. The number of hydrogen-bond acceptors (Lipinski definition) is 3. The van der Waals surface area contributed by atoms with Gasteiger partial charge in [-0.15, -0.1) is 12.4 Å². The molecule has 2 aliphatic rings. The Morgan fingerprint density at radius 3 is 2.88 bits per heavy atom. The molecular formula is C20H27ClN4O. The third-order valence-electron chi connectivity index (χ3n) is 5.54. The number of likely N-dealkylation sites (tertiary alicyclic amines) is 1. The Morgan fingerprint density at radius 2 is 2.12 bits per heavy atom. The van der Waals surface area contributed by atoms with Crippen molar-refractivity contribution in [2.75, 3.05) is 26.7 Å². The van der Waals surface area contributed by atoms with Crippen LogP contribution >= 0.6 is 12.4 Å². The average Bonchev–Trinajstić information content (AvgIpc) is 3.31. The monoisotopic (exact) mass is 374 g/mol. The lowest BCUT2D eigenvalue weighted by atomic mass is 10.1. The number of nitrogens with zero attached hydrogens (tertiary/aromatic N) is 3. The third-order valence-corrected chi connectivity index (χ3v) is 5.54. The third kappa shape index (κ3) is 3.26. The zero-order valence-corrected chi connectivity index (χ0v) is 16.3. The number of halogens is 1. The number of nitrogens with one attached hydrogen (secondary N) is 1. The average molecular weight is 375 g/mol. The van der Waals surface area contributed by atoms with E-state index in [9.17, 15) is 4.79 Å². The van der Waals surface area contributed by atoms with Crippen molar-refractivity contribution < 1.29 is 4.79 Å². The van der Waals surface area contributed by atoms with E-state index in [0.717, 1.165) is 51.0 Å². The summed E-state index contributed by atoms with van der Waals surface area (Å²) in [7, 11) is 1.97. The molecule has 26 heavy (non-hydrogen) atoms. The first kappa shape index (κ1) is 18.9. The molecule has 1 unspecified atom stereocenters. The summed E-state index contributed by atoms with van der Waals surface area (Å²) in [4.78, 5) is 15.1. The van der Waals surface area contributed by atoms with Crippen LogP contribution in [0.15, 0.2) is 24.3 Å². The molecule has 1 N–H and O–H groups in total. The fourth-order valence-corrected chi connectivity index (χ4v) is 4.23. The second-order valence-corrected chi connectivity index (χ2v) is 7.29. The predicted molar refractivity (Wildman–Crippen MR) is 106 cm³/mol. The number of carbonyl (C=O) groups is 1. The number of para-hydroxylation sites is 1. The van der Waals surface area contributed by atoms with Crippen molar-refractivity contribution in [3.05, 3.63) is 46.8 Å². The quantitative estimate of drug-likeness (QED) is 0.895. The van der Waals surface area contributed by atoms with Gasteiger partial charge in [-0.25, -0.2) is 4.68 Å². The van der Waals surface area contributed by atoms with E-state index in [-0.39, 0.29) is 18.3 Å². The first-order valence-electron chi connectivity index (χ1n) is 9.29. The molecule has 6 heteroatoms. The molecule has 140 valence electrons. The van der Waals surface area contributed by atoms with Crippen molar-refractivity contribution in [1.82, 2.24) is 20.0 Å². The summed E-state index contributed by atoms with van der Waals surface area (Å²) >= 11 is 0. The summed E-state index contributed by atoms with van der Waals surface area (Å²) in [6, 6.07) is 8.27. The van der Waals surface area contributed by atoms with Gasteiger partial charge in [0, 0.05) is 24.3 Å². The van der Waals surface area contributed by atoms with Crippen molar-refractivity contribution >= 4 is 18.3 Å². The predicted octanol–water partition coefficient (Wildman–Crippen LogP) is 2.77. The van der Waals surface area contributed by atoms with Gasteiger partial charge >= 0.3 is 0 Å². The first-order valence-corrected chi connectivity index (χ1v) is 9.29. The lowest BCUT2D eigenvalue weighted by Gasteiger charge is -2.16. The molecule has 0 radical (unpaired) electrons. The standard InChI is InChI=1S/C20H26N4O.ClH/c1-14-6-3-4-8-17(14)24-18-9-5-7-16(18)19(22-24)20(25)23-11-10-15(13-23)12-21-2;/h3-4,6,8,15,21H,5,7,9-13H2,1-2H3;1H. The summed E-state index contributed by atoms with van der Waals surface area (Å²) in [5, 5.41) is 8.01. The van der Waals surface area contributed by atoms with Crippen LogP contribution in [0.3, 0.4) is 0 Å². The maximum absolute atomic E-state index is 13.1. The molecule has 1 fully saturated rings. The van der Waals surface area contributed by atoms with Gasteiger partial charge in [0.2, 0.25) is 0 Å². The Balaban J connectivity index is 0.00000196. The number of fused-ring (bicyclic) bond motifs is 1. The number of aromatic nitrogens is 2. The minimum Gasteiger partial charge on any atom is -0.337 e.